The van der Waals surface area contributed by atoms with Crippen molar-refractivity contribution in [3.05, 3.63) is 41.6 Å². The lowest BCUT2D eigenvalue weighted by atomic mass is 10.2. The number of benzene rings is 1. The van der Waals surface area contributed by atoms with Crippen molar-refractivity contribution >= 4 is 22.9 Å². The molecule has 31 heavy (non-hydrogen) atoms. The molecule has 0 spiro atoms. The van der Waals surface area contributed by atoms with E-state index in [0.29, 0.717) is 26.2 Å². The van der Waals surface area contributed by atoms with E-state index in [2.05, 4.69) is 11.8 Å². The first-order valence-electron chi connectivity index (χ1n) is 10.6. The molecule has 1 fully saturated rings. The first-order valence-corrected chi connectivity index (χ1v) is 10.6. The normalized spacial score (nSPS) is 14.4. The number of hydrogen-bond donors (Lipinski definition) is 0. The molecule has 1 saturated heterocycles. The Labute approximate surface area is 181 Å². The zero-order valence-electron chi connectivity index (χ0n) is 18.5. The van der Waals surface area contributed by atoms with Crippen molar-refractivity contribution in [2.75, 3.05) is 45.2 Å². The van der Waals surface area contributed by atoms with E-state index in [1.807, 2.05) is 11.8 Å². The van der Waals surface area contributed by atoms with Gasteiger partial charge in [0.1, 0.15) is 17.5 Å². The van der Waals surface area contributed by atoms with Crippen molar-refractivity contribution in [1.82, 2.24) is 29.5 Å². The number of aryl methyl sites for hydroxylation is 2. The molecule has 3 heterocycles. The molecule has 0 aliphatic carbocycles. The molecule has 164 valence electrons. The Kier molecular flexibility index (Phi) is 5.75. The van der Waals surface area contributed by atoms with E-state index in [1.54, 1.807) is 35.8 Å². The Morgan fingerprint density at radius 2 is 1.77 bits per heavy atom. The maximum absolute atomic E-state index is 13.4. The lowest BCUT2D eigenvalue weighted by Gasteiger charge is -2.36. The number of halogens is 1. The summed E-state index contributed by atoms with van der Waals surface area (Å²) in [6.45, 7) is 6.70. The molecule has 2 aromatic heterocycles. The Hall–Kier alpha value is -3.23. The zero-order valence-corrected chi connectivity index (χ0v) is 18.5. The van der Waals surface area contributed by atoms with Gasteiger partial charge in [0.25, 0.3) is 0 Å². The number of anilines is 1. The van der Waals surface area contributed by atoms with Crippen molar-refractivity contribution in [2.45, 2.75) is 26.7 Å². The molecule has 1 aliphatic rings. The number of fused-ring (bicyclic) bond motifs is 1. The molecule has 0 radical (unpaired) electrons. The second kappa shape index (κ2) is 8.49. The molecule has 1 aromatic carbocycles. The van der Waals surface area contributed by atoms with Crippen LogP contribution in [0.25, 0.3) is 16.7 Å². The Bertz CT molecular complexity index is 1090. The molecule has 4 rings (SSSR count). The van der Waals surface area contributed by atoms with Crippen molar-refractivity contribution < 1.29 is 9.18 Å². The number of amides is 2. The number of hydrogen-bond acceptors (Lipinski definition) is 5. The van der Waals surface area contributed by atoms with Crippen molar-refractivity contribution in [3.8, 4) is 5.69 Å². The van der Waals surface area contributed by atoms with Crippen LogP contribution in [0.5, 0.6) is 0 Å². The molecule has 3 aromatic rings. The summed E-state index contributed by atoms with van der Waals surface area (Å²) in [6.07, 6.45) is 1.69. The second-order valence-corrected chi connectivity index (χ2v) is 8.04. The maximum atomic E-state index is 13.4. The van der Waals surface area contributed by atoms with Gasteiger partial charge < -0.3 is 14.7 Å². The largest absolute Gasteiger partial charge is 0.352 e. The van der Waals surface area contributed by atoms with Crippen LogP contribution in [-0.2, 0) is 6.42 Å². The molecule has 9 heteroatoms. The molecule has 2 amide bonds. The fraction of sp³-hybridized carbons (Fsp3) is 0.455. The van der Waals surface area contributed by atoms with Gasteiger partial charge in [-0.25, -0.2) is 23.8 Å². The number of piperazine rings is 1. The monoisotopic (exact) mass is 425 g/mol. The molecular formula is C22H28FN7O. The van der Waals surface area contributed by atoms with Gasteiger partial charge in [-0.05, 0) is 37.6 Å². The van der Waals surface area contributed by atoms with Crippen LogP contribution in [0.2, 0.25) is 0 Å². The summed E-state index contributed by atoms with van der Waals surface area (Å²) in [5.41, 5.74) is 2.31. The van der Waals surface area contributed by atoms with E-state index >= 15 is 0 Å². The molecule has 8 nitrogen and oxygen atoms in total. The highest BCUT2D eigenvalue weighted by Gasteiger charge is 2.26. The van der Waals surface area contributed by atoms with Gasteiger partial charge in [-0.3, -0.25) is 0 Å². The summed E-state index contributed by atoms with van der Waals surface area (Å²) < 4.78 is 15.2. The third-order valence-corrected chi connectivity index (χ3v) is 5.51. The minimum absolute atomic E-state index is 0.0273. The second-order valence-electron chi connectivity index (χ2n) is 8.04. The highest BCUT2D eigenvalue weighted by molar-refractivity contribution is 5.91. The summed E-state index contributed by atoms with van der Waals surface area (Å²) >= 11 is 0. The molecule has 0 atom stereocenters. The summed E-state index contributed by atoms with van der Waals surface area (Å²) in [4.78, 5) is 27.7. The number of carbonyl (C=O) groups excluding carboxylic acids is 1. The van der Waals surface area contributed by atoms with Gasteiger partial charge in [0.2, 0.25) is 0 Å². The highest BCUT2D eigenvalue weighted by atomic mass is 19.1. The first kappa shape index (κ1) is 21.0. The Morgan fingerprint density at radius 3 is 2.39 bits per heavy atom. The standard InChI is InChI=1S/C22H28FN7O/c1-5-6-18-24-20(28-11-13-29(14-12-28)22(31)27(3)4)19-15(2)26-30(21(19)25-18)17-9-7-16(23)8-10-17/h7-10H,5-6,11-14H2,1-4H3. The van der Waals surface area contributed by atoms with Crippen molar-refractivity contribution in [2.24, 2.45) is 0 Å². The van der Waals surface area contributed by atoms with Gasteiger partial charge in [-0.2, -0.15) is 5.10 Å². The predicted octanol–water partition coefficient (Wildman–Crippen LogP) is 3.02. The van der Waals surface area contributed by atoms with Gasteiger partial charge in [0.15, 0.2) is 5.65 Å². The Balaban J connectivity index is 1.75. The van der Waals surface area contributed by atoms with Gasteiger partial charge in [-0.15, -0.1) is 0 Å². The number of urea groups is 1. The SMILES string of the molecule is CCCc1nc(N2CCN(C(=O)N(C)C)CC2)c2c(C)nn(-c3ccc(F)cc3)c2n1. The molecule has 0 unspecified atom stereocenters. The third kappa shape index (κ3) is 4.04. The topological polar surface area (TPSA) is 70.4 Å². The average Bonchev–Trinajstić information content (AvgIpc) is 3.10. The lowest BCUT2D eigenvalue weighted by molar-refractivity contribution is 0.168. The van der Waals surface area contributed by atoms with Crippen LogP contribution >= 0.6 is 0 Å². The van der Waals surface area contributed by atoms with E-state index in [0.717, 1.165) is 46.9 Å². The number of nitrogens with zero attached hydrogens (tertiary/aromatic N) is 7. The van der Waals surface area contributed by atoms with Crippen LogP contribution in [0, 0.1) is 12.7 Å². The lowest BCUT2D eigenvalue weighted by Crippen LogP contribution is -2.51. The smallest absolute Gasteiger partial charge is 0.319 e. The molecule has 0 saturated carbocycles. The zero-order chi connectivity index (χ0) is 22.1. The Morgan fingerprint density at radius 1 is 1.10 bits per heavy atom. The van der Waals surface area contributed by atoms with Crippen LogP contribution in [-0.4, -0.2) is 75.9 Å². The minimum Gasteiger partial charge on any atom is -0.352 e. The van der Waals surface area contributed by atoms with Crippen molar-refractivity contribution in [3.63, 3.8) is 0 Å². The molecule has 0 bridgehead atoms. The van der Waals surface area contributed by atoms with E-state index in [-0.39, 0.29) is 11.8 Å². The molecule has 1 aliphatic heterocycles. The van der Waals surface area contributed by atoms with E-state index in [1.165, 1.54) is 12.1 Å². The van der Waals surface area contributed by atoms with Crippen LogP contribution in [0.1, 0.15) is 24.9 Å². The van der Waals surface area contributed by atoms with Crippen LogP contribution in [0.15, 0.2) is 24.3 Å². The van der Waals surface area contributed by atoms with Gasteiger partial charge in [-0.1, -0.05) is 6.92 Å². The van der Waals surface area contributed by atoms with Gasteiger partial charge >= 0.3 is 6.03 Å². The van der Waals surface area contributed by atoms with E-state index in [4.69, 9.17) is 15.1 Å². The summed E-state index contributed by atoms with van der Waals surface area (Å²) in [5, 5.41) is 5.61. The number of aromatic nitrogens is 4. The maximum Gasteiger partial charge on any atom is 0.319 e. The quantitative estimate of drug-likeness (QED) is 0.643. The fourth-order valence-electron chi connectivity index (χ4n) is 3.92. The van der Waals surface area contributed by atoms with Crippen LogP contribution in [0.4, 0.5) is 15.0 Å². The van der Waals surface area contributed by atoms with Crippen LogP contribution in [0.3, 0.4) is 0 Å². The van der Waals surface area contributed by atoms with Gasteiger partial charge in [0, 0.05) is 46.7 Å². The van der Waals surface area contributed by atoms with Crippen molar-refractivity contribution in [1.29, 1.82) is 0 Å². The van der Waals surface area contributed by atoms with E-state index in [9.17, 15) is 9.18 Å². The number of carbonyl (C=O) groups is 1. The average molecular weight is 426 g/mol. The van der Waals surface area contributed by atoms with Gasteiger partial charge in [0.05, 0.1) is 16.8 Å². The minimum atomic E-state index is -0.288. The molecular weight excluding hydrogens is 397 g/mol. The van der Waals surface area contributed by atoms with Crippen LogP contribution < -0.4 is 4.90 Å². The fourth-order valence-corrected chi connectivity index (χ4v) is 3.92. The van der Waals surface area contributed by atoms with E-state index < -0.39 is 0 Å². The number of rotatable bonds is 4. The summed E-state index contributed by atoms with van der Waals surface area (Å²) in [7, 11) is 3.54. The first-order chi connectivity index (χ1) is 14.9. The molecule has 0 N–H and O–H groups in total. The highest BCUT2D eigenvalue weighted by Crippen LogP contribution is 2.30. The summed E-state index contributed by atoms with van der Waals surface area (Å²) in [5.74, 6) is 1.33. The summed E-state index contributed by atoms with van der Waals surface area (Å²) in [6, 6.07) is 6.28. The third-order valence-electron chi connectivity index (χ3n) is 5.51. The predicted molar refractivity (Wildman–Crippen MR) is 118 cm³/mol.